The lowest BCUT2D eigenvalue weighted by molar-refractivity contribution is 0.858. The first-order valence-corrected chi connectivity index (χ1v) is 21.8. The predicted octanol–water partition coefficient (Wildman–Crippen LogP) is 17.3. The second kappa shape index (κ2) is 13.9. The van der Waals surface area contributed by atoms with Crippen molar-refractivity contribution in [2.24, 2.45) is 0 Å². The number of fused-ring (bicyclic) bond motifs is 4. The summed E-state index contributed by atoms with van der Waals surface area (Å²) in [6, 6.07) is 77.1. The summed E-state index contributed by atoms with van der Waals surface area (Å²) in [5.41, 5.74) is 11.4. The lowest BCUT2D eigenvalue weighted by Crippen LogP contribution is -2.00. The van der Waals surface area contributed by atoms with Gasteiger partial charge in [-0.05, 0) is 144 Å². The van der Waals surface area contributed by atoms with Crippen LogP contribution in [0.1, 0.15) is 23.5 Å². The van der Waals surface area contributed by atoms with Crippen LogP contribution >= 0.6 is 0 Å². The SMILES string of the molecule is C1=CC(c2ccc3ccccc3c2)CC=C1c1c2ccccc2c(-c2ccc(-c3ccc4ccccc4c3)cc2)c2cc(-c3ccc4ccc5cccc6ccc3c4c56)ccc12. The van der Waals surface area contributed by atoms with E-state index < -0.39 is 0 Å². The molecule has 0 amide bonds. The highest BCUT2D eigenvalue weighted by molar-refractivity contribution is 6.26. The molecule has 0 saturated carbocycles. The van der Waals surface area contributed by atoms with Crippen molar-refractivity contribution in [2.75, 3.05) is 0 Å². The Balaban J connectivity index is 1.01. The zero-order chi connectivity index (χ0) is 40.7. The van der Waals surface area contributed by atoms with Crippen LogP contribution in [0.3, 0.4) is 0 Å². The summed E-state index contributed by atoms with van der Waals surface area (Å²) < 4.78 is 0. The molecule has 0 heterocycles. The number of hydrogen-bond acceptors (Lipinski definition) is 0. The maximum Gasteiger partial charge on any atom is 0.00563 e. The first-order chi connectivity index (χ1) is 30.7. The van der Waals surface area contributed by atoms with E-state index >= 15 is 0 Å². The van der Waals surface area contributed by atoms with Crippen molar-refractivity contribution in [2.45, 2.75) is 12.3 Å². The molecule has 0 aromatic heterocycles. The second-order valence-electron chi connectivity index (χ2n) is 17.1. The molecule has 0 radical (unpaired) electrons. The summed E-state index contributed by atoms with van der Waals surface area (Å²) in [6.45, 7) is 0. The average Bonchev–Trinajstić information content (AvgIpc) is 3.34. The maximum absolute atomic E-state index is 2.48. The summed E-state index contributed by atoms with van der Waals surface area (Å²) >= 11 is 0. The summed E-state index contributed by atoms with van der Waals surface area (Å²) in [5.74, 6) is 0.336. The van der Waals surface area contributed by atoms with Gasteiger partial charge in [-0.1, -0.05) is 212 Å². The standard InChI is InChI=1S/C62H40/c1-3-10-48-36-50(28-20-39(48)8-1)41-16-22-45(23-17-41)60-54-14-5-6-15-55(54)61(46-24-18-42(19-25-46)51-29-21-40-9-2-4-11-49(40)37-51)58-38-52(32-35-57(58)60)53-33-30-47-27-26-43-12-7-13-44-31-34-56(53)62(47)59(43)44/h1-16,18-38,41H,17H2. The lowest BCUT2D eigenvalue weighted by atomic mass is 9.81. The Bertz CT molecular complexity index is 3810. The zero-order valence-corrected chi connectivity index (χ0v) is 34.1. The fourth-order valence-electron chi connectivity index (χ4n) is 10.6. The molecule has 1 unspecified atom stereocenters. The van der Waals surface area contributed by atoms with Gasteiger partial charge in [-0.3, -0.25) is 0 Å². The highest BCUT2D eigenvalue weighted by atomic mass is 14.2. The third-order valence-corrected chi connectivity index (χ3v) is 13.7. The van der Waals surface area contributed by atoms with Crippen LogP contribution in [0.15, 0.2) is 224 Å². The van der Waals surface area contributed by atoms with Crippen molar-refractivity contribution in [1.29, 1.82) is 0 Å². The van der Waals surface area contributed by atoms with Gasteiger partial charge in [0.2, 0.25) is 0 Å². The Morgan fingerprint density at radius 1 is 0.323 bits per heavy atom. The molecule has 12 aromatic carbocycles. The molecule has 0 fully saturated rings. The molecule has 13 rings (SSSR count). The molecular weight excluding hydrogens is 745 g/mol. The fraction of sp³-hybridized carbons (Fsp3) is 0.0323. The molecule has 0 nitrogen and oxygen atoms in total. The summed E-state index contributed by atoms with van der Waals surface area (Å²) in [7, 11) is 0. The van der Waals surface area contributed by atoms with Crippen LogP contribution in [0.25, 0.3) is 114 Å². The number of benzene rings is 12. The van der Waals surface area contributed by atoms with Crippen molar-refractivity contribution < 1.29 is 0 Å². The number of rotatable bonds is 5. The molecule has 1 aliphatic rings. The minimum Gasteiger partial charge on any atom is -0.0761 e. The van der Waals surface area contributed by atoms with E-state index in [1.165, 1.54) is 125 Å². The molecule has 0 bridgehead atoms. The van der Waals surface area contributed by atoms with Gasteiger partial charge in [-0.25, -0.2) is 0 Å². The van der Waals surface area contributed by atoms with Crippen molar-refractivity contribution in [3.05, 3.63) is 236 Å². The van der Waals surface area contributed by atoms with Crippen LogP contribution in [0, 0.1) is 0 Å². The Labute approximate surface area is 360 Å². The van der Waals surface area contributed by atoms with Crippen LogP contribution in [0.5, 0.6) is 0 Å². The van der Waals surface area contributed by atoms with E-state index in [4.69, 9.17) is 0 Å². The van der Waals surface area contributed by atoms with Crippen LogP contribution < -0.4 is 0 Å². The lowest BCUT2D eigenvalue weighted by Gasteiger charge is -2.22. The Morgan fingerprint density at radius 2 is 0.871 bits per heavy atom. The highest BCUT2D eigenvalue weighted by Crippen LogP contribution is 2.47. The second-order valence-corrected chi connectivity index (χ2v) is 17.1. The fourth-order valence-corrected chi connectivity index (χ4v) is 10.6. The van der Waals surface area contributed by atoms with Gasteiger partial charge in [0.25, 0.3) is 0 Å². The molecule has 288 valence electrons. The topological polar surface area (TPSA) is 0 Å². The normalized spacial score (nSPS) is 14.3. The van der Waals surface area contributed by atoms with E-state index in [-0.39, 0.29) is 0 Å². The molecule has 0 heteroatoms. The Hall–Kier alpha value is -7.80. The summed E-state index contributed by atoms with van der Waals surface area (Å²) in [5, 5.41) is 18.1. The molecule has 0 saturated heterocycles. The average molecular weight is 785 g/mol. The summed E-state index contributed by atoms with van der Waals surface area (Å²) in [4.78, 5) is 0. The van der Waals surface area contributed by atoms with Crippen molar-refractivity contribution in [1.82, 2.24) is 0 Å². The van der Waals surface area contributed by atoms with Crippen LogP contribution in [-0.2, 0) is 0 Å². The van der Waals surface area contributed by atoms with Gasteiger partial charge in [0, 0.05) is 5.92 Å². The smallest absolute Gasteiger partial charge is 0.00563 e. The zero-order valence-electron chi connectivity index (χ0n) is 34.1. The quantitative estimate of drug-likeness (QED) is 0.120. The molecule has 62 heavy (non-hydrogen) atoms. The summed E-state index contributed by atoms with van der Waals surface area (Å²) in [6.07, 6.45) is 8.25. The van der Waals surface area contributed by atoms with Crippen LogP contribution in [0.4, 0.5) is 0 Å². The largest absolute Gasteiger partial charge is 0.0761 e. The Kier molecular flexibility index (Phi) is 7.84. The van der Waals surface area contributed by atoms with Gasteiger partial charge in [0.05, 0.1) is 0 Å². The van der Waals surface area contributed by atoms with Gasteiger partial charge in [0.15, 0.2) is 0 Å². The van der Waals surface area contributed by atoms with Gasteiger partial charge in [-0.15, -0.1) is 0 Å². The van der Waals surface area contributed by atoms with E-state index in [0.29, 0.717) is 5.92 Å². The number of hydrogen-bond donors (Lipinski definition) is 0. The van der Waals surface area contributed by atoms with Crippen LogP contribution in [0.2, 0.25) is 0 Å². The van der Waals surface area contributed by atoms with Crippen molar-refractivity contribution >= 4 is 81.0 Å². The monoisotopic (exact) mass is 784 g/mol. The molecule has 1 atom stereocenters. The van der Waals surface area contributed by atoms with Crippen molar-refractivity contribution in [3.8, 4) is 33.4 Å². The van der Waals surface area contributed by atoms with Crippen molar-refractivity contribution in [3.63, 3.8) is 0 Å². The van der Waals surface area contributed by atoms with E-state index in [1.54, 1.807) is 0 Å². The van der Waals surface area contributed by atoms with E-state index in [0.717, 1.165) is 6.42 Å². The van der Waals surface area contributed by atoms with E-state index in [1.807, 2.05) is 0 Å². The third-order valence-electron chi connectivity index (χ3n) is 13.7. The minimum atomic E-state index is 0.336. The molecule has 1 aliphatic carbocycles. The molecule has 0 N–H and O–H groups in total. The highest BCUT2D eigenvalue weighted by Gasteiger charge is 2.21. The maximum atomic E-state index is 2.48. The number of allylic oxidation sites excluding steroid dienone is 4. The molecule has 0 spiro atoms. The van der Waals surface area contributed by atoms with Gasteiger partial charge in [0.1, 0.15) is 0 Å². The Morgan fingerprint density at radius 3 is 1.63 bits per heavy atom. The molecule has 12 aromatic rings. The first-order valence-electron chi connectivity index (χ1n) is 21.8. The molecule has 0 aliphatic heterocycles. The van der Waals surface area contributed by atoms with E-state index in [2.05, 4.69) is 224 Å². The molecular formula is C62H40. The first kappa shape index (κ1) is 35.0. The third kappa shape index (κ3) is 5.54. The van der Waals surface area contributed by atoms with E-state index in [9.17, 15) is 0 Å². The van der Waals surface area contributed by atoms with Gasteiger partial charge in [-0.2, -0.15) is 0 Å². The predicted molar refractivity (Wildman–Crippen MR) is 267 cm³/mol. The van der Waals surface area contributed by atoms with Gasteiger partial charge >= 0.3 is 0 Å². The van der Waals surface area contributed by atoms with Crippen LogP contribution in [-0.4, -0.2) is 0 Å². The van der Waals surface area contributed by atoms with Gasteiger partial charge < -0.3 is 0 Å². The minimum absolute atomic E-state index is 0.336.